The molecule has 0 bridgehead atoms. The number of carboxylic acids is 1. The fraction of sp³-hybridized carbons (Fsp3) is 0.636. The van der Waals surface area contributed by atoms with Crippen LogP contribution in [0.2, 0.25) is 0 Å². The lowest BCUT2D eigenvalue weighted by molar-refractivity contribution is -0.138. The summed E-state index contributed by atoms with van der Waals surface area (Å²) in [5, 5.41) is 10.8. The van der Waals surface area contributed by atoms with Gasteiger partial charge in [0.2, 0.25) is 0 Å². The Morgan fingerprint density at radius 2 is 2.62 bits per heavy atom. The Kier molecular flexibility index (Phi) is 3.56. The van der Waals surface area contributed by atoms with E-state index in [0.29, 0.717) is 18.4 Å². The van der Waals surface area contributed by atoms with Crippen molar-refractivity contribution >= 4 is 17.3 Å². The van der Waals surface area contributed by atoms with Crippen molar-refractivity contribution in [3.8, 4) is 0 Å². The van der Waals surface area contributed by atoms with Crippen molar-refractivity contribution in [1.82, 2.24) is 9.88 Å². The molecule has 1 aliphatic heterocycles. The minimum atomic E-state index is -0.687. The Hall–Kier alpha value is -0.940. The van der Waals surface area contributed by atoms with Crippen molar-refractivity contribution in [2.45, 2.75) is 25.8 Å². The van der Waals surface area contributed by atoms with Crippen LogP contribution in [-0.4, -0.2) is 34.0 Å². The van der Waals surface area contributed by atoms with Gasteiger partial charge in [-0.3, -0.25) is 9.69 Å². The molecule has 5 heteroatoms. The van der Waals surface area contributed by atoms with Crippen LogP contribution in [0.1, 0.15) is 31.5 Å². The smallest absolute Gasteiger partial charge is 0.303 e. The van der Waals surface area contributed by atoms with Gasteiger partial charge >= 0.3 is 5.97 Å². The maximum absolute atomic E-state index is 10.6. The van der Waals surface area contributed by atoms with Gasteiger partial charge in [0, 0.05) is 18.3 Å². The van der Waals surface area contributed by atoms with Crippen LogP contribution < -0.4 is 0 Å². The van der Waals surface area contributed by atoms with Crippen molar-refractivity contribution in [2.24, 2.45) is 5.92 Å². The van der Waals surface area contributed by atoms with Crippen LogP contribution in [-0.2, 0) is 4.79 Å². The first-order valence-electron chi connectivity index (χ1n) is 5.50. The number of carbonyl (C=O) groups is 1. The van der Waals surface area contributed by atoms with E-state index in [9.17, 15) is 4.79 Å². The molecule has 88 valence electrons. The largest absolute Gasteiger partial charge is 0.481 e. The molecule has 2 heterocycles. The molecule has 2 atom stereocenters. The Bertz CT molecular complexity index is 353. The summed E-state index contributed by atoms with van der Waals surface area (Å²) in [6.45, 7) is 4.00. The fourth-order valence-corrected chi connectivity index (χ4v) is 2.88. The fourth-order valence-electron chi connectivity index (χ4n) is 2.24. The lowest BCUT2D eigenvalue weighted by Gasteiger charge is -2.22. The molecule has 1 aliphatic rings. The molecule has 0 saturated carbocycles. The van der Waals surface area contributed by atoms with Gasteiger partial charge < -0.3 is 5.11 Å². The molecule has 0 amide bonds. The predicted octanol–water partition coefficient (Wildman–Crippen LogP) is 2.00. The van der Waals surface area contributed by atoms with Crippen molar-refractivity contribution in [1.29, 1.82) is 0 Å². The van der Waals surface area contributed by atoms with Gasteiger partial charge in [-0.2, -0.15) is 0 Å². The SMILES string of the molecule is CC(c1cscn1)N1CCC(CC(=O)O)C1. The summed E-state index contributed by atoms with van der Waals surface area (Å²) in [5.41, 5.74) is 2.94. The van der Waals surface area contributed by atoms with Crippen LogP contribution >= 0.6 is 11.3 Å². The summed E-state index contributed by atoms with van der Waals surface area (Å²) in [6, 6.07) is 0.310. The average molecular weight is 240 g/mol. The van der Waals surface area contributed by atoms with Gasteiger partial charge in [0.25, 0.3) is 0 Å². The molecule has 1 fully saturated rings. The number of likely N-dealkylation sites (tertiary alicyclic amines) is 1. The van der Waals surface area contributed by atoms with Crippen LogP contribution in [0.15, 0.2) is 10.9 Å². The third-order valence-corrected chi connectivity index (χ3v) is 3.81. The normalized spacial score (nSPS) is 23.4. The summed E-state index contributed by atoms with van der Waals surface area (Å²) in [7, 11) is 0. The molecule has 0 radical (unpaired) electrons. The molecule has 16 heavy (non-hydrogen) atoms. The molecule has 1 N–H and O–H groups in total. The van der Waals surface area contributed by atoms with Gasteiger partial charge in [0.05, 0.1) is 17.2 Å². The standard InChI is InChI=1S/C11H16N2O2S/c1-8(10-6-16-7-12-10)13-3-2-9(5-13)4-11(14)15/h6-9H,2-5H2,1H3,(H,14,15). The van der Waals surface area contributed by atoms with Crippen molar-refractivity contribution in [3.05, 3.63) is 16.6 Å². The van der Waals surface area contributed by atoms with E-state index in [2.05, 4.69) is 22.2 Å². The molecule has 2 rings (SSSR count). The van der Waals surface area contributed by atoms with Gasteiger partial charge in [-0.05, 0) is 25.8 Å². The summed E-state index contributed by atoms with van der Waals surface area (Å²) >= 11 is 1.61. The molecule has 1 aromatic heterocycles. The molecule has 2 unspecified atom stereocenters. The quantitative estimate of drug-likeness (QED) is 0.874. The van der Waals surface area contributed by atoms with Crippen molar-refractivity contribution in [2.75, 3.05) is 13.1 Å². The molecule has 0 aromatic carbocycles. The molecule has 4 nitrogen and oxygen atoms in total. The minimum Gasteiger partial charge on any atom is -0.481 e. The lowest BCUT2D eigenvalue weighted by atomic mass is 10.1. The average Bonchev–Trinajstić information content (AvgIpc) is 2.84. The maximum atomic E-state index is 10.6. The first-order chi connectivity index (χ1) is 7.66. The Morgan fingerprint density at radius 1 is 1.81 bits per heavy atom. The first kappa shape index (κ1) is 11.5. The number of carboxylic acid groups (broad SMARTS) is 1. The number of hydrogen-bond donors (Lipinski definition) is 1. The Labute approximate surface area is 98.9 Å². The number of aliphatic carboxylic acids is 1. The van der Waals surface area contributed by atoms with Crippen molar-refractivity contribution in [3.63, 3.8) is 0 Å². The zero-order chi connectivity index (χ0) is 11.5. The van der Waals surface area contributed by atoms with E-state index in [-0.39, 0.29) is 0 Å². The highest BCUT2D eigenvalue weighted by atomic mass is 32.1. The second-order valence-corrected chi connectivity index (χ2v) is 5.06. The molecule has 1 aromatic rings. The van der Waals surface area contributed by atoms with Gasteiger partial charge in [-0.25, -0.2) is 4.98 Å². The van der Waals surface area contributed by atoms with Gasteiger partial charge in [0.1, 0.15) is 0 Å². The van der Waals surface area contributed by atoms with E-state index in [4.69, 9.17) is 5.11 Å². The van der Waals surface area contributed by atoms with Gasteiger partial charge in [0.15, 0.2) is 0 Å². The topological polar surface area (TPSA) is 53.4 Å². The van der Waals surface area contributed by atoms with E-state index < -0.39 is 5.97 Å². The summed E-state index contributed by atoms with van der Waals surface area (Å²) in [6.07, 6.45) is 1.28. The monoisotopic (exact) mass is 240 g/mol. The van der Waals surface area contributed by atoms with Crippen LogP contribution in [0.4, 0.5) is 0 Å². The van der Waals surface area contributed by atoms with E-state index in [0.717, 1.165) is 25.2 Å². The van der Waals surface area contributed by atoms with E-state index in [1.807, 2.05) is 5.51 Å². The predicted molar refractivity (Wildman–Crippen MR) is 62.5 cm³/mol. The maximum Gasteiger partial charge on any atom is 0.303 e. The first-order valence-corrected chi connectivity index (χ1v) is 6.45. The van der Waals surface area contributed by atoms with Crippen molar-refractivity contribution < 1.29 is 9.90 Å². The molecule has 0 spiro atoms. The van der Waals surface area contributed by atoms with Gasteiger partial charge in [-0.1, -0.05) is 0 Å². The minimum absolute atomic E-state index is 0.292. The summed E-state index contributed by atoms with van der Waals surface area (Å²) < 4.78 is 0. The highest BCUT2D eigenvalue weighted by Crippen LogP contribution is 2.28. The number of nitrogens with zero attached hydrogens (tertiary/aromatic N) is 2. The lowest BCUT2D eigenvalue weighted by Crippen LogP contribution is -2.25. The zero-order valence-electron chi connectivity index (χ0n) is 9.30. The van der Waals surface area contributed by atoms with Crippen LogP contribution in [0.3, 0.4) is 0 Å². The second-order valence-electron chi connectivity index (χ2n) is 4.34. The molecule has 1 saturated heterocycles. The second kappa shape index (κ2) is 4.93. The van der Waals surface area contributed by atoms with Gasteiger partial charge in [-0.15, -0.1) is 11.3 Å². The van der Waals surface area contributed by atoms with E-state index >= 15 is 0 Å². The Balaban J connectivity index is 1.91. The summed E-state index contributed by atoms with van der Waals surface area (Å²) in [4.78, 5) is 17.3. The molecule has 0 aliphatic carbocycles. The number of hydrogen-bond acceptors (Lipinski definition) is 4. The van der Waals surface area contributed by atoms with Crippen LogP contribution in [0.5, 0.6) is 0 Å². The number of aromatic nitrogens is 1. The highest BCUT2D eigenvalue weighted by molar-refractivity contribution is 7.07. The third kappa shape index (κ3) is 2.59. The zero-order valence-corrected chi connectivity index (χ0v) is 10.1. The Morgan fingerprint density at radius 3 is 3.25 bits per heavy atom. The summed E-state index contributed by atoms with van der Waals surface area (Å²) in [5.74, 6) is -0.383. The van der Waals surface area contributed by atoms with Crippen LogP contribution in [0, 0.1) is 5.92 Å². The molecular formula is C11H16N2O2S. The number of rotatable bonds is 4. The van der Waals surface area contributed by atoms with E-state index in [1.54, 1.807) is 11.3 Å². The molecular weight excluding hydrogens is 224 g/mol. The van der Waals surface area contributed by atoms with Crippen LogP contribution in [0.25, 0.3) is 0 Å². The third-order valence-electron chi connectivity index (χ3n) is 3.21. The highest BCUT2D eigenvalue weighted by Gasteiger charge is 2.28. The van der Waals surface area contributed by atoms with E-state index in [1.165, 1.54) is 0 Å². The number of thiazole rings is 1.